The summed E-state index contributed by atoms with van der Waals surface area (Å²) in [6.07, 6.45) is 1.72. The number of carbonyl (C=O) groups excluding carboxylic acids is 1. The lowest BCUT2D eigenvalue weighted by Gasteiger charge is -2.15. The van der Waals surface area contributed by atoms with Gasteiger partial charge in [0.05, 0.1) is 0 Å². The minimum Gasteiger partial charge on any atom is -0.480 e. The molecular formula is C14H18N2O3. The van der Waals surface area contributed by atoms with Crippen molar-refractivity contribution < 1.29 is 14.7 Å². The number of urea groups is 1. The minimum absolute atomic E-state index is 0.0712. The Balaban J connectivity index is 2.00. The lowest BCUT2D eigenvalue weighted by atomic mass is 10.1. The topological polar surface area (TPSA) is 78.4 Å². The number of amides is 2. The monoisotopic (exact) mass is 262 g/mol. The Morgan fingerprint density at radius 1 is 1.32 bits per heavy atom. The number of carboxylic acids is 1. The summed E-state index contributed by atoms with van der Waals surface area (Å²) in [5, 5.41) is 14.3. The van der Waals surface area contributed by atoms with Gasteiger partial charge >= 0.3 is 12.0 Å². The van der Waals surface area contributed by atoms with Crippen molar-refractivity contribution in [3.8, 4) is 0 Å². The summed E-state index contributed by atoms with van der Waals surface area (Å²) in [5.74, 6) is -0.902. The molecule has 3 N–H and O–H groups in total. The van der Waals surface area contributed by atoms with Crippen molar-refractivity contribution in [2.75, 3.05) is 5.32 Å². The van der Waals surface area contributed by atoms with Crippen molar-refractivity contribution in [1.82, 2.24) is 5.32 Å². The normalized spacial score (nSPS) is 15.7. The molecule has 1 fully saturated rings. The van der Waals surface area contributed by atoms with Crippen LogP contribution in [0.4, 0.5) is 10.5 Å². The zero-order valence-electron chi connectivity index (χ0n) is 11.1. The number of benzene rings is 1. The van der Waals surface area contributed by atoms with Crippen molar-refractivity contribution in [2.24, 2.45) is 5.92 Å². The number of aliphatic carboxylic acids is 1. The summed E-state index contributed by atoms with van der Waals surface area (Å²) in [4.78, 5) is 22.9. The molecule has 1 aliphatic rings. The first-order valence-electron chi connectivity index (χ1n) is 6.35. The first-order valence-corrected chi connectivity index (χ1v) is 6.35. The Kier molecular flexibility index (Phi) is 3.74. The van der Waals surface area contributed by atoms with Crippen molar-refractivity contribution in [1.29, 1.82) is 0 Å². The Morgan fingerprint density at radius 3 is 2.58 bits per heavy atom. The molecule has 0 bridgehead atoms. The summed E-state index contributed by atoms with van der Waals surface area (Å²) in [6.45, 7) is 3.83. The fourth-order valence-corrected chi connectivity index (χ4v) is 1.98. The molecule has 1 unspecified atom stereocenters. The molecule has 0 aliphatic heterocycles. The molecule has 1 aromatic rings. The second-order valence-corrected chi connectivity index (χ2v) is 5.07. The third-order valence-corrected chi connectivity index (χ3v) is 3.29. The van der Waals surface area contributed by atoms with Gasteiger partial charge in [-0.15, -0.1) is 0 Å². The second kappa shape index (κ2) is 5.30. The van der Waals surface area contributed by atoms with Gasteiger partial charge in [-0.3, -0.25) is 0 Å². The van der Waals surface area contributed by atoms with E-state index in [9.17, 15) is 9.59 Å². The van der Waals surface area contributed by atoms with Crippen LogP contribution in [0.25, 0.3) is 0 Å². The van der Waals surface area contributed by atoms with Gasteiger partial charge in [0.25, 0.3) is 0 Å². The molecule has 102 valence electrons. The van der Waals surface area contributed by atoms with Crippen LogP contribution in [0.5, 0.6) is 0 Å². The van der Waals surface area contributed by atoms with Gasteiger partial charge < -0.3 is 15.7 Å². The van der Waals surface area contributed by atoms with Gasteiger partial charge in [0, 0.05) is 5.69 Å². The van der Waals surface area contributed by atoms with E-state index in [1.54, 1.807) is 0 Å². The lowest BCUT2D eigenvalue weighted by molar-refractivity contribution is -0.139. The second-order valence-electron chi connectivity index (χ2n) is 5.07. The fourth-order valence-electron chi connectivity index (χ4n) is 1.98. The Morgan fingerprint density at radius 2 is 2.00 bits per heavy atom. The number of carboxylic acid groups (broad SMARTS) is 1. The number of nitrogens with one attached hydrogen (secondary N) is 2. The Hall–Kier alpha value is -2.04. The fraction of sp³-hybridized carbons (Fsp3) is 0.429. The van der Waals surface area contributed by atoms with Crippen LogP contribution in [0.2, 0.25) is 0 Å². The molecule has 0 radical (unpaired) electrons. The van der Waals surface area contributed by atoms with Gasteiger partial charge in [0.15, 0.2) is 0 Å². The van der Waals surface area contributed by atoms with Crippen LogP contribution < -0.4 is 10.6 Å². The number of hydrogen-bond donors (Lipinski definition) is 3. The van der Waals surface area contributed by atoms with Crippen LogP contribution in [-0.2, 0) is 4.79 Å². The van der Waals surface area contributed by atoms with Crippen molar-refractivity contribution in [3.05, 3.63) is 29.3 Å². The standard InChI is InChI=1S/C14H18N2O3/c1-8-3-4-9(2)11(7-8)15-14(19)16-12(13(17)18)10-5-6-10/h3-4,7,10,12H,5-6H2,1-2H3,(H,17,18)(H2,15,16,19). The SMILES string of the molecule is Cc1ccc(C)c(NC(=O)NC(C(=O)O)C2CC2)c1. The van der Waals surface area contributed by atoms with Gasteiger partial charge in [-0.1, -0.05) is 12.1 Å². The van der Waals surface area contributed by atoms with Gasteiger partial charge in [-0.05, 0) is 49.8 Å². The predicted molar refractivity (Wildman–Crippen MR) is 72.2 cm³/mol. The lowest BCUT2D eigenvalue weighted by Crippen LogP contribution is -2.44. The maximum Gasteiger partial charge on any atom is 0.326 e. The summed E-state index contributed by atoms with van der Waals surface area (Å²) < 4.78 is 0. The molecule has 0 saturated heterocycles. The highest BCUT2D eigenvalue weighted by atomic mass is 16.4. The molecule has 1 atom stereocenters. The average Bonchev–Trinajstić information content (AvgIpc) is 3.14. The third-order valence-electron chi connectivity index (χ3n) is 3.29. The zero-order chi connectivity index (χ0) is 14.0. The first-order chi connectivity index (χ1) is 8.97. The van der Waals surface area contributed by atoms with Gasteiger partial charge in [-0.2, -0.15) is 0 Å². The molecule has 1 saturated carbocycles. The molecule has 5 heteroatoms. The van der Waals surface area contributed by atoms with E-state index < -0.39 is 18.0 Å². The maximum atomic E-state index is 11.8. The molecule has 2 rings (SSSR count). The van der Waals surface area contributed by atoms with Crippen LogP contribution in [0.1, 0.15) is 24.0 Å². The number of aryl methyl sites for hydroxylation is 2. The van der Waals surface area contributed by atoms with Crippen LogP contribution in [0, 0.1) is 19.8 Å². The van der Waals surface area contributed by atoms with Gasteiger partial charge in [0.2, 0.25) is 0 Å². The van der Waals surface area contributed by atoms with Gasteiger partial charge in [-0.25, -0.2) is 9.59 Å². The summed E-state index contributed by atoms with van der Waals surface area (Å²) in [5.41, 5.74) is 2.69. The predicted octanol–water partition coefficient (Wildman–Crippen LogP) is 2.29. The highest BCUT2D eigenvalue weighted by molar-refractivity contribution is 5.93. The van der Waals surface area contributed by atoms with Gasteiger partial charge in [0.1, 0.15) is 6.04 Å². The van der Waals surface area contributed by atoms with Crippen LogP contribution in [0.15, 0.2) is 18.2 Å². The molecule has 1 aliphatic carbocycles. The molecule has 5 nitrogen and oxygen atoms in total. The number of anilines is 1. The third kappa shape index (κ3) is 3.47. The van der Waals surface area contributed by atoms with E-state index in [1.165, 1.54) is 0 Å². The van der Waals surface area contributed by atoms with E-state index in [-0.39, 0.29) is 5.92 Å². The smallest absolute Gasteiger partial charge is 0.326 e. The van der Waals surface area contributed by atoms with Crippen molar-refractivity contribution >= 4 is 17.7 Å². The molecule has 0 aromatic heterocycles. The van der Waals surface area contributed by atoms with E-state index in [2.05, 4.69) is 10.6 Å². The Bertz CT molecular complexity index is 509. The molecule has 0 spiro atoms. The largest absolute Gasteiger partial charge is 0.480 e. The highest BCUT2D eigenvalue weighted by Gasteiger charge is 2.37. The van der Waals surface area contributed by atoms with E-state index in [4.69, 9.17) is 5.11 Å². The minimum atomic E-state index is -0.974. The number of rotatable bonds is 4. The first kappa shape index (κ1) is 13.4. The number of carbonyl (C=O) groups is 2. The molecule has 2 amide bonds. The highest BCUT2D eigenvalue weighted by Crippen LogP contribution is 2.32. The van der Waals surface area contributed by atoms with Crippen LogP contribution in [0.3, 0.4) is 0 Å². The molecule has 0 heterocycles. The van der Waals surface area contributed by atoms with E-state index in [1.807, 2.05) is 32.0 Å². The quantitative estimate of drug-likeness (QED) is 0.779. The molecule has 19 heavy (non-hydrogen) atoms. The summed E-state index contributed by atoms with van der Waals surface area (Å²) in [7, 11) is 0. The van der Waals surface area contributed by atoms with Crippen LogP contribution >= 0.6 is 0 Å². The molecule has 1 aromatic carbocycles. The summed E-state index contributed by atoms with van der Waals surface area (Å²) in [6, 6.07) is 4.49. The van der Waals surface area contributed by atoms with Crippen LogP contribution in [-0.4, -0.2) is 23.1 Å². The molecular weight excluding hydrogens is 244 g/mol. The Labute approximate surface area is 112 Å². The van der Waals surface area contributed by atoms with E-state index in [0.29, 0.717) is 5.69 Å². The van der Waals surface area contributed by atoms with E-state index in [0.717, 1.165) is 24.0 Å². The van der Waals surface area contributed by atoms with Crippen molar-refractivity contribution in [2.45, 2.75) is 32.7 Å². The maximum absolute atomic E-state index is 11.8. The average molecular weight is 262 g/mol. The van der Waals surface area contributed by atoms with Crippen molar-refractivity contribution in [3.63, 3.8) is 0 Å². The summed E-state index contributed by atoms with van der Waals surface area (Å²) >= 11 is 0. The van der Waals surface area contributed by atoms with E-state index >= 15 is 0 Å². The zero-order valence-corrected chi connectivity index (χ0v) is 11.1. The number of hydrogen-bond acceptors (Lipinski definition) is 2.